The first-order valence-electron chi connectivity index (χ1n) is 4.70. The zero-order valence-electron chi connectivity index (χ0n) is 9.60. The van der Waals surface area contributed by atoms with Crippen LogP contribution in [0.2, 0.25) is 0 Å². The average molecular weight is 240 g/mol. The van der Waals surface area contributed by atoms with Gasteiger partial charge in [0.05, 0.1) is 7.11 Å². The molecule has 2 N–H and O–H groups in total. The van der Waals surface area contributed by atoms with Crippen molar-refractivity contribution in [1.29, 1.82) is 0 Å². The molecular formula is C11H12O6. The normalized spacial score (nSPS) is 9.82. The predicted octanol–water partition coefficient (Wildman–Crippen LogP) is 1.23. The standard InChI is InChI=1S/C11H12O6/c1-5(12)9-7(17-6(2)13)4-8(16-3)10(14)11(9)15/h4,14-15H,1-3H3. The maximum Gasteiger partial charge on any atom is 0.308 e. The first kappa shape index (κ1) is 12.8. The molecule has 1 rings (SSSR count). The van der Waals surface area contributed by atoms with Crippen LogP contribution in [0.15, 0.2) is 6.07 Å². The highest BCUT2D eigenvalue weighted by Crippen LogP contribution is 2.43. The van der Waals surface area contributed by atoms with Crippen molar-refractivity contribution in [2.24, 2.45) is 0 Å². The number of methoxy groups -OCH3 is 1. The number of carbonyl (C=O) groups excluding carboxylic acids is 2. The van der Waals surface area contributed by atoms with Crippen LogP contribution in [-0.4, -0.2) is 29.1 Å². The summed E-state index contributed by atoms with van der Waals surface area (Å²) in [5.74, 6) is -2.70. The molecule has 0 radical (unpaired) electrons. The molecule has 6 heteroatoms. The van der Waals surface area contributed by atoms with Crippen LogP contribution in [0.3, 0.4) is 0 Å². The molecule has 1 aromatic rings. The van der Waals surface area contributed by atoms with E-state index in [1.54, 1.807) is 0 Å². The number of esters is 1. The molecule has 0 bridgehead atoms. The monoisotopic (exact) mass is 240 g/mol. The van der Waals surface area contributed by atoms with E-state index in [0.717, 1.165) is 13.0 Å². The molecule has 0 atom stereocenters. The predicted molar refractivity (Wildman–Crippen MR) is 57.6 cm³/mol. The summed E-state index contributed by atoms with van der Waals surface area (Å²) in [6.07, 6.45) is 0. The van der Waals surface area contributed by atoms with Crippen molar-refractivity contribution in [3.8, 4) is 23.0 Å². The molecule has 6 nitrogen and oxygen atoms in total. The van der Waals surface area contributed by atoms with Crippen LogP contribution >= 0.6 is 0 Å². The molecule has 0 spiro atoms. The Balaban J connectivity index is 3.49. The number of benzene rings is 1. The molecule has 92 valence electrons. The number of phenols is 2. The van der Waals surface area contributed by atoms with Gasteiger partial charge in [0.25, 0.3) is 0 Å². The van der Waals surface area contributed by atoms with Crippen molar-refractivity contribution in [2.45, 2.75) is 13.8 Å². The Bertz CT molecular complexity index is 477. The van der Waals surface area contributed by atoms with Gasteiger partial charge in [0, 0.05) is 13.0 Å². The van der Waals surface area contributed by atoms with Crippen LogP contribution in [0, 0.1) is 0 Å². The Kier molecular flexibility index (Phi) is 3.57. The van der Waals surface area contributed by atoms with Gasteiger partial charge in [0.15, 0.2) is 17.3 Å². The third-order valence-electron chi connectivity index (χ3n) is 2.03. The minimum absolute atomic E-state index is 0.0938. The molecule has 0 heterocycles. The number of ether oxygens (including phenoxy) is 2. The van der Waals surface area contributed by atoms with Gasteiger partial charge < -0.3 is 19.7 Å². The van der Waals surface area contributed by atoms with E-state index >= 15 is 0 Å². The van der Waals surface area contributed by atoms with Gasteiger partial charge in [0.2, 0.25) is 5.75 Å². The van der Waals surface area contributed by atoms with Crippen molar-refractivity contribution in [2.75, 3.05) is 7.11 Å². The van der Waals surface area contributed by atoms with Gasteiger partial charge in [-0.25, -0.2) is 0 Å². The lowest BCUT2D eigenvalue weighted by atomic mass is 10.1. The minimum atomic E-state index is -0.673. The summed E-state index contributed by atoms with van der Waals surface area (Å²) in [6.45, 7) is 2.33. The molecule has 0 aliphatic rings. The van der Waals surface area contributed by atoms with Crippen LogP contribution in [0.5, 0.6) is 23.0 Å². The first-order valence-corrected chi connectivity index (χ1v) is 4.70. The summed E-state index contributed by atoms with van der Waals surface area (Å²) in [6, 6.07) is 1.16. The Morgan fingerprint density at radius 1 is 1.12 bits per heavy atom. The number of Topliss-reactive ketones (excluding diaryl/α,β-unsaturated/α-hetero) is 1. The molecule has 0 aliphatic carbocycles. The molecule has 17 heavy (non-hydrogen) atoms. The van der Waals surface area contributed by atoms with Gasteiger partial charge in [-0.3, -0.25) is 9.59 Å². The van der Waals surface area contributed by atoms with Gasteiger partial charge in [-0.1, -0.05) is 0 Å². The third-order valence-corrected chi connectivity index (χ3v) is 2.03. The Hall–Kier alpha value is -2.24. The van der Waals surface area contributed by atoms with Gasteiger partial charge in [-0.05, 0) is 6.92 Å². The minimum Gasteiger partial charge on any atom is -0.504 e. The van der Waals surface area contributed by atoms with Crippen LogP contribution in [0.4, 0.5) is 0 Å². The molecule has 0 aromatic heterocycles. The average Bonchev–Trinajstić information content (AvgIpc) is 2.21. The Labute approximate surface area is 97.4 Å². The Morgan fingerprint density at radius 2 is 1.71 bits per heavy atom. The fourth-order valence-corrected chi connectivity index (χ4v) is 1.34. The van der Waals surface area contributed by atoms with Crippen LogP contribution in [0.1, 0.15) is 24.2 Å². The first-order chi connectivity index (χ1) is 7.88. The number of carbonyl (C=O) groups is 2. The summed E-state index contributed by atoms with van der Waals surface area (Å²) in [5.41, 5.74) is -0.265. The lowest BCUT2D eigenvalue weighted by Gasteiger charge is -2.12. The smallest absolute Gasteiger partial charge is 0.308 e. The molecular weight excluding hydrogens is 228 g/mol. The van der Waals surface area contributed by atoms with Crippen LogP contribution in [-0.2, 0) is 4.79 Å². The molecule has 0 unspecified atom stereocenters. The maximum atomic E-state index is 11.3. The lowest BCUT2D eigenvalue weighted by Crippen LogP contribution is -2.07. The third kappa shape index (κ3) is 2.47. The van der Waals surface area contributed by atoms with Crippen molar-refractivity contribution >= 4 is 11.8 Å². The van der Waals surface area contributed by atoms with Crippen molar-refractivity contribution in [3.63, 3.8) is 0 Å². The van der Waals surface area contributed by atoms with Gasteiger partial charge in [-0.2, -0.15) is 0 Å². The topological polar surface area (TPSA) is 93.1 Å². The molecule has 0 saturated heterocycles. The molecule has 0 aliphatic heterocycles. The summed E-state index contributed by atoms with van der Waals surface area (Å²) in [7, 11) is 1.26. The largest absolute Gasteiger partial charge is 0.504 e. The highest BCUT2D eigenvalue weighted by atomic mass is 16.5. The summed E-state index contributed by atoms with van der Waals surface area (Å²) < 4.78 is 9.54. The van der Waals surface area contributed by atoms with E-state index in [9.17, 15) is 19.8 Å². The SMILES string of the molecule is COc1cc(OC(C)=O)c(C(C)=O)c(O)c1O. The van der Waals surface area contributed by atoms with E-state index in [2.05, 4.69) is 0 Å². The Morgan fingerprint density at radius 3 is 2.12 bits per heavy atom. The molecule has 0 fully saturated rings. The fraction of sp³-hybridized carbons (Fsp3) is 0.273. The lowest BCUT2D eigenvalue weighted by molar-refractivity contribution is -0.131. The molecule has 1 aromatic carbocycles. The second kappa shape index (κ2) is 4.73. The van der Waals surface area contributed by atoms with E-state index in [4.69, 9.17) is 9.47 Å². The maximum absolute atomic E-state index is 11.3. The fourth-order valence-electron chi connectivity index (χ4n) is 1.34. The number of hydrogen-bond donors (Lipinski definition) is 2. The second-order valence-electron chi connectivity index (χ2n) is 3.30. The van der Waals surface area contributed by atoms with Gasteiger partial charge >= 0.3 is 5.97 Å². The zero-order chi connectivity index (χ0) is 13.2. The van der Waals surface area contributed by atoms with E-state index in [0.29, 0.717) is 0 Å². The summed E-state index contributed by atoms with van der Waals surface area (Å²) in [4.78, 5) is 22.2. The molecule has 0 amide bonds. The van der Waals surface area contributed by atoms with Crippen LogP contribution < -0.4 is 9.47 Å². The van der Waals surface area contributed by atoms with Gasteiger partial charge in [0.1, 0.15) is 11.3 Å². The molecule has 0 saturated carbocycles. The number of hydrogen-bond acceptors (Lipinski definition) is 6. The number of aromatic hydroxyl groups is 2. The van der Waals surface area contributed by atoms with E-state index in [-0.39, 0.29) is 17.1 Å². The number of rotatable bonds is 3. The van der Waals surface area contributed by atoms with Gasteiger partial charge in [-0.15, -0.1) is 0 Å². The van der Waals surface area contributed by atoms with E-state index in [1.807, 2.05) is 0 Å². The number of phenolic OH excluding ortho intramolecular Hbond substituents is 2. The zero-order valence-corrected chi connectivity index (χ0v) is 9.60. The summed E-state index contributed by atoms with van der Waals surface area (Å²) in [5, 5.41) is 19.1. The van der Waals surface area contributed by atoms with Crippen molar-refractivity contribution < 1.29 is 29.3 Å². The quantitative estimate of drug-likeness (QED) is 0.357. The highest BCUT2D eigenvalue weighted by Gasteiger charge is 2.22. The summed E-state index contributed by atoms with van der Waals surface area (Å²) >= 11 is 0. The second-order valence-corrected chi connectivity index (χ2v) is 3.30. The van der Waals surface area contributed by atoms with E-state index < -0.39 is 23.3 Å². The van der Waals surface area contributed by atoms with Crippen molar-refractivity contribution in [1.82, 2.24) is 0 Å². The number of ketones is 1. The van der Waals surface area contributed by atoms with Crippen molar-refractivity contribution in [3.05, 3.63) is 11.6 Å². The highest BCUT2D eigenvalue weighted by molar-refractivity contribution is 6.01. The van der Waals surface area contributed by atoms with Crippen LogP contribution in [0.25, 0.3) is 0 Å². The van der Waals surface area contributed by atoms with E-state index in [1.165, 1.54) is 14.0 Å².